The molecule has 1 nitrogen and oxygen atoms in total. The van der Waals surface area contributed by atoms with E-state index in [-0.39, 0.29) is 5.41 Å². The van der Waals surface area contributed by atoms with Crippen molar-refractivity contribution in [3.8, 4) is 0 Å². The number of aryl methyl sites for hydroxylation is 1. The molecule has 90 valence electrons. The van der Waals surface area contributed by atoms with Crippen molar-refractivity contribution in [1.82, 2.24) is 0 Å². The van der Waals surface area contributed by atoms with Gasteiger partial charge in [-0.25, -0.2) is 0 Å². The van der Waals surface area contributed by atoms with Crippen LogP contribution in [-0.2, 0) is 12.0 Å². The second-order valence-electron chi connectivity index (χ2n) is 5.77. The lowest BCUT2D eigenvalue weighted by Crippen LogP contribution is -2.36. The number of rotatable bonds is 3. The van der Waals surface area contributed by atoms with Gasteiger partial charge in [0.2, 0.25) is 0 Å². The van der Waals surface area contributed by atoms with E-state index in [0.29, 0.717) is 0 Å². The van der Waals surface area contributed by atoms with E-state index < -0.39 is 5.60 Å². The first-order valence-electron chi connectivity index (χ1n) is 6.11. The molecule has 1 aromatic carbocycles. The van der Waals surface area contributed by atoms with Crippen LogP contribution < -0.4 is 0 Å². The van der Waals surface area contributed by atoms with Gasteiger partial charge in [-0.2, -0.15) is 0 Å². The van der Waals surface area contributed by atoms with Crippen LogP contribution in [0.5, 0.6) is 0 Å². The van der Waals surface area contributed by atoms with Gasteiger partial charge in [0, 0.05) is 0 Å². The summed E-state index contributed by atoms with van der Waals surface area (Å²) in [7, 11) is 0. The zero-order valence-electron chi connectivity index (χ0n) is 11.2. The number of hydrogen-bond acceptors (Lipinski definition) is 1. The summed E-state index contributed by atoms with van der Waals surface area (Å²) in [5.74, 6) is 0. The van der Waals surface area contributed by atoms with Crippen molar-refractivity contribution in [2.24, 2.45) is 5.41 Å². The van der Waals surface area contributed by atoms with E-state index in [1.54, 1.807) is 0 Å². The predicted octanol–water partition coefficient (Wildman–Crippen LogP) is 3.89. The van der Waals surface area contributed by atoms with E-state index in [9.17, 15) is 5.11 Å². The van der Waals surface area contributed by atoms with E-state index in [0.717, 1.165) is 18.4 Å². The van der Waals surface area contributed by atoms with Crippen molar-refractivity contribution in [2.75, 3.05) is 0 Å². The Kier molecular flexibility index (Phi) is 3.80. The molecular weight excluding hydrogens is 196 g/mol. The van der Waals surface area contributed by atoms with Gasteiger partial charge >= 0.3 is 0 Å². The Morgan fingerprint density at radius 3 is 1.88 bits per heavy atom. The Labute approximate surface area is 99.5 Å². The van der Waals surface area contributed by atoms with E-state index in [2.05, 4.69) is 52.0 Å². The maximum atomic E-state index is 10.5. The van der Waals surface area contributed by atoms with Crippen LogP contribution in [0.1, 0.15) is 52.2 Å². The van der Waals surface area contributed by atoms with Crippen molar-refractivity contribution < 1.29 is 5.11 Å². The minimum absolute atomic E-state index is 0.153. The molecule has 0 fully saturated rings. The maximum absolute atomic E-state index is 10.5. The summed E-state index contributed by atoms with van der Waals surface area (Å²) in [4.78, 5) is 0. The van der Waals surface area contributed by atoms with Gasteiger partial charge < -0.3 is 5.11 Å². The van der Waals surface area contributed by atoms with Crippen molar-refractivity contribution in [1.29, 1.82) is 0 Å². The lowest BCUT2D eigenvalue weighted by atomic mass is 9.73. The molecule has 0 aromatic heterocycles. The van der Waals surface area contributed by atoms with Crippen LogP contribution in [0.15, 0.2) is 24.3 Å². The molecule has 0 aliphatic heterocycles. The maximum Gasteiger partial charge on any atom is 0.0916 e. The minimum Gasteiger partial charge on any atom is -0.385 e. The zero-order chi connectivity index (χ0) is 12.4. The molecular formula is C15H24O. The molecule has 1 aromatic rings. The molecule has 0 aliphatic rings. The quantitative estimate of drug-likeness (QED) is 0.819. The fraction of sp³-hybridized carbons (Fsp3) is 0.600. The molecule has 0 bridgehead atoms. The average molecular weight is 220 g/mol. The third-order valence-electron chi connectivity index (χ3n) is 3.52. The number of benzene rings is 1. The van der Waals surface area contributed by atoms with Gasteiger partial charge in [-0.05, 0) is 29.9 Å². The van der Waals surface area contributed by atoms with Crippen LogP contribution in [0, 0.1) is 5.41 Å². The highest BCUT2D eigenvalue weighted by molar-refractivity contribution is 5.28. The van der Waals surface area contributed by atoms with Crippen LogP contribution in [-0.4, -0.2) is 5.11 Å². The molecule has 0 aliphatic carbocycles. The van der Waals surface area contributed by atoms with Crippen LogP contribution in [0.4, 0.5) is 0 Å². The largest absolute Gasteiger partial charge is 0.385 e. The number of aliphatic hydroxyl groups is 1. The second-order valence-corrected chi connectivity index (χ2v) is 5.77. The molecule has 0 radical (unpaired) electrons. The minimum atomic E-state index is -0.780. The fourth-order valence-corrected chi connectivity index (χ4v) is 1.72. The van der Waals surface area contributed by atoms with Crippen molar-refractivity contribution >= 4 is 0 Å². The lowest BCUT2D eigenvalue weighted by molar-refractivity contribution is -0.0470. The molecule has 16 heavy (non-hydrogen) atoms. The first-order valence-corrected chi connectivity index (χ1v) is 6.11. The van der Waals surface area contributed by atoms with Crippen molar-refractivity contribution in [3.63, 3.8) is 0 Å². The SMILES string of the molecule is CCCc1ccc(C(C)(O)C(C)(C)C)cc1. The van der Waals surface area contributed by atoms with E-state index in [4.69, 9.17) is 0 Å². The van der Waals surface area contributed by atoms with Gasteiger partial charge in [-0.3, -0.25) is 0 Å². The van der Waals surface area contributed by atoms with Gasteiger partial charge in [-0.1, -0.05) is 58.4 Å². The zero-order valence-corrected chi connectivity index (χ0v) is 11.2. The van der Waals surface area contributed by atoms with E-state index in [1.165, 1.54) is 5.56 Å². The molecule has 0 heterocycles. The van der Waals surface area contributed by atoms with Gasteiger partial charge in [0.05, 0.1) is 5.60 Å². The van der Waals surface area contributed by atoms with Gasteiger partial charge in [0.25, 0.3) is 0 Å². The summed E-state index contributed by atoms with van der Waals surface area (Å²) in [6.07, 6.45) is 2.27. The van der Waals surface area contributed by atoms with Gasteiger partial charge in [0.1, 0.15) is 0 Å². The highest BCUT2D eigenvalue weighted by Crippen LogP contribution is 2.38. The molecule has 1 N–H and O–H groups in total. The summed E-state index contributed by atoms with van der Waals surface area (Å²) in [5.41, 5.74) is 1.41. The van der Waals surface area contributed by atoms with Crippen molar-refractivity contribution in [2.45, 2.75) is 53.1 Å². The normalized spacial score (nSPS) is 15.9. The molecule has 0 saturated heterocycles. The Bertz CT molecular complexity index is 327. The van der Waals surface area contributed by atoms with Crippen LogP contribution in [0.25, 0.3) is 0 Å². The first-order chi connectivity index (χ1) is 7.29. The molecule has 1 rings (SSSR count). The average Bonchev–Trinajstić information content (AvgIpc) is 2.17. The second kappa shape index (κ2) is 4.58. The highest BCUT2D eigenvalue weighted by Gasteiger charge is 2.36. The topological polar surface area (TPSA) is 20.2 Å². The Morgan fingerprint density at radius 1 is 1.00 bits per heavy atom. The van der Waals surface area contributed by atoms with Crippen molar-refractivity contribution in [3.05, 3.63) is 35.4 Å². The summed E-state index contributed by atoms with van der Waals surface area (Å²) >= 11 is 0. The fourth-order valence-electron chi connectivity index (χ4n) is 1.72. The summed E-state index contributed by atoms with van der Waals surface area (Å²) < 4.78 is 0. The smallest absolute Gasteiger partial charge is 0.0916 e. The molecule has 0 spiro atoms. The Balaban J connectivity index is 2.97. The summed E-state index contributed by atoms with van der Waals surface area (Å²) in [5, 5.41) is 10.5. The Hall–Kier alpha value is -0.820. The summed E-state index contributed by atoms with van der Waals surface area (Å²) in [6, 6.07) is 8.35. The lowest BCUT2D eigenvalue weighted by Gasteiger charge is -2.37. The van der Waals surface area contributed by atoms with Crippen LogP contribution >= 0.6 is 0 Å². The van der Waals surface area contributed by atoms with Gasteiger partial charge in [-0.15, -0.1) is 0 Å². The predicted molar refractivity (Wildman–Crippen MR) is 69.5 cm³/mol. The third-order valence-corrected chi connectivity index (χ3v) is 3.52. The van der Waals surface area contributed by atoms with E-state index >= 15 is 0 Å². The van der Waals surface area contributed by atoms with Gasteiger partial charge in [0.15, 0.2) is 0 Å². The van der Waals surface area contributed by atoms with Crippen LogP contribution in [0.3, 0.4) is 0 Å². The van der Waals surface area contributed by atoms with E-state index in [1.807, 2.05) is 6.92 Å². The molecule has 1 atom stereocenters. The molecule has 1 unspecified atom stereocenters. The standard InChI is InChI=1S/C15H24O/c1-6-7-12-8-10-13(11-9-12)15(5,16)14(2,3)4/h8-11,16H,6-7H2,1-5H3. The molecule has 1 heteroatoms. The third kappa shape index (κ3) is 2.65. The summed E-state index contributed by atoms with van der Waals surface area (Å²) in [6.45, 7) is 10.3. The first kappa shape index (κ1) is 13.2. The monoisotopic (exact) mass is 220 g/mol. The number of hydrogen-bond donors (Lipinski definition) is 1. The Morgan fingerprint density at radius 2 is 1.50 bits per heavy atom. The highest BCUT2D eigenvalue weighted by atomic mass is 16.3. The molecule has 0 amide bonds. The van der Waals surface area contributed by atoms with Crippen LogP contribution in [0.2, 0.25) is 0 Å². The molecule has 0 saturated carbocycles.